The molecule has 0 saturated heterocycles. The molecule has 30 heavy (non-hydrogen) atoms. The number of anilines is 1. The van der Waals surface area contributed by atoms with Crippen LogP contribution in [0.4, 0.5) is 5.13 Å². The molecule has 10 heteroatoms. The molecule has 0 unspecified atom stereocenters. The van der Waals surface area contributed by atoms with Crippen LogP contribution in [0.5, 0.6) is 0 Å². The number of aryl methyl sites for hydroxylation is 2. The van der Waals surface area contributed by atoms with Crippen molar-refractivity contribution in [3.8, 4) is 0 Å². The SMILES string of the molecule is CCN(C(=O)COC(=O)c1sc2nc(C)[nH]c(=O)c2c1C)c1nc2ccccc2s1. The predicted molar refractivity (Wildman–Crippen MR) is 118 cm³/mol. The number of ether oxygens (including phenoxy) is 1. The van der Waals surface area contributed by atoms with Gasteiger partial charge in [0.05, 0.1) is 15.6 Å². The van der Waals surface area contributed by atoms with Gasteiger partial charge in [-0.2, -0.15) is 0 Å². The van der Waals surface area contributed by atoms with Gasteiger partial charge in [0.15, 0.2) is 11.7 Å². The third kappa shape index (κ3) is 3.59. The Morgan fingerprint density at radius 1 is 1.17 bits per heavy atom. The fraction of sp³-hybridized carbons (Fsp3) is 0.250. The summed E-state index contributed by atoms with van der Waals surface area (Å²) in [4.78, 5) is 51.1. The van der Waals surface area contributed by atoms with Gasteiger partial charge < -0.3 is 9.72 Å². The van der Waals surface area contributed by atoms with E-state index in [1.807, 2.05) is 31.2 Å². The number of likely N-dealkylation sites (N-methyl/N-ethyl adjacent to an activating group) is 1. The van der Waals surface area contributed by atoms with Crippen molar-refractivity contribution in [3.05, 3.63) is 50.9 Å². The molecule has 3 heterocycles. The Morgan fingerprint density at radius 3 is 2.67 bits per heavy atom. The highest BCUT2D eigenvalue weighted by Gasteiger charge is 2.23. The molecule has 0 saturated carbocycles. The molecule has 0 spiro atoms. The van der Waals surface area contributed by atoms with Gasteiger partial charge >= 0.3 is 5.97 Å². The maximum atomic E-state index is 12.7. The fourth-order valence-electron chi connectivity index (χ4n) is 3.11. The van der Waals surface area contributed by atoms with Crippen LogP contribution >= 0.6 is 22.7 Å². The molecule has 4 aromatic rings. The summed E-state index contributed by atoms with van der Waals surface area (Å²) < 4.78 is 6.24. The van der Waals surface area contributed by atoms with E-state index < -0.39 is 12.6 Å². The Hall–Kier alpha value is -3.11. The van der Waals surface area contributed by atoms with Gasteiger partial charge in [-0.15, -0.1) is 11.3 Å². The number of para-hydroxylation sites is 1. The molecule has 4 rings (SSSR count). The van der Waals surface area contributed by atoms with Gasteiger partial charge in [0.1, 0.15) is 15.5 Å². The molecule has 0 aliphatic heterocycles. The van der Waals surface area contributed by atoms with Crippen LogP contribution in [0.3, 0.4) is 0 Å². The summed E-state index contributed by atoms with van der Waals surface area (Å²) in [5.74, 6) is -0.546. The number of aromatic nitrogens is 3. The van der Waals surface area contributed by atoms with Crippen LogP contribution in [-0.2, 0) is 9.53 Å². The summed E-state index contributed by atoms with van der Waals surface area (Å²) in [7, 11) is 0. The number of hydrogen-bond acceptors (Lipinski definition) is 8. The second-order valence-corrected chi connectivity index (χ2v) is 8.57. The summed E-state index contributed by atoms with van der Waals surface area (Å²) in [6.45, 7) is 5.16. The van der Waals surface area contributed by atoms with Gasteiger partial charge in [-0.1, -0.05) is 23.5 Å². The van der Waals surface area contributed by atoms with Crippen LogP contribution in [0.2, 0.25) is 0 Å². The van der Waals surface area contributed by atoms with Crippen LogP contribution in [0.15, 0.2) is 29.1 Å². The van der Waals surface area contributed by atoms with E-state index in [1.165, 1.54) is 16.2 Å². The third-order valence-corrected chi connectivity index (χ3v) is 6.79. The molecular formula is C20H18N4O4S2. The number of thiazole rings is 1. The quantitative estimate of drug-likeness (QED) is 0.475. The molecule has 1 N–H and O–H groups in total. The molecule has 3 aromatic heterocycles. The summed E-state index contributed by atoms with van der Waals surface area (Å²) >= 11 is 2.49. The second-order valence-electron chi connectivity index (χ2n) is 6.57. The van der Waals surface area contributed by atoms with E-state index in [0.717, 1.165) is 21.6 Å². The number of amides is 1. The van der Waals surface area contributed by atoms with Crippen LogP contribution in [-0.4, -0.2) is 40.0 Å². The third-order valence-electron chi connectivity index (χ3n) is 4.56. The van der Waals surface area contributed by atoms with Gasteiger partial charge in [-0.25, -0.2) is 14.8 Å². The number of H-pyrrole nitrogens is 1. The molecular weight excluding hydrogens is 424 g/mol. The molecule has 0 radical (unpaired) electrons. The van der Waals surface area contributed by atoms with Crippen molar-refractivity contribution >= 4 is 60.1 Å². The van der Waals surface area contributed by atoms with Crippen LogP contribution in [0.1, 0.15) is 28.0 Å². The smallest absolute Gasteiger partial charge is 0.349 e. The van der Waals surface area contributed by atoms with E-state index in [4.69, 9.17) is 4.74 Å². The molecule has 0 aliphatic carbocycles. The predicted octanol–water partition coefficient (Wildman–Crippen LogP) is 3.42. The molecule has 0 atom stereocenters. The van der Waals surface area contributed by atoms with Crippen molar-refractivity contribution in [2.45, 2.75) is 20.8 Å². The van der Waals surface area contributed by atoms with Crippen molar-refractivity contribution in [2.24, 2.45) is 0 Å². The number of esters is 1. The number of thiophene rings is 1. The fourth-order valence-corrected chi connectivity index (χ4v) is 5.28. The first-order valence-corrected chi connectivity index (χ1v) is 10.9. The van der Waals surface area contributed by atoms with Crippen molar-refractivity contribution in [2.75, 3.05) is 18.1 Å². The van der Waals surface area contributed by atoms with E-state index in [2.05, 4.69) is 15.0 Å². The normalized spacial score (nSPS) is 11.2. The Labute approximate surface area is 179 Å². The first-order valence-electron chi connectivity index (χ1n) is 9.22. The number of rotatable bonds is 5. The monoisotopic (exact) mass is 442 g/mol. The lowest BCUT2D eigenvalue weighted by atomic mass is 10.2. The first kappa shape index (κ1) is 20.2. The number of fused-ring (bicyclic) bond motifs is 2. The Balaban J connectivity index is 1.52. The van der Waals surface area contributed by atoms with Gasteiger partial charge in [-0.3, -0.25) is 14.5 Å². The average Bonchev–Trinajstić information content (AvgIpc) is 3.27. The highest BCUT2D eigenvalue weighted by Crippen LogP contribution is 2.29. The second kappa shape index (κ2) is 7.96. The standard InChI is InChI=1S/C20H18N4O4S2/c1-4-24(20-23-12-7-5-6-8-13(12)29-20)14(25)9-28-19(27)16-10(2)15-17(26)21-11(3)22-18(15)30-16/h5-8H,4,9H2,1-3H3,(H,21,22,26). The largest absolute Gasteiger partial charge is 0.451 e. The maximum absolute atomic E-state index is 12.7. The minimum absolute atomic E-state index is 0.268. The van der Waals surface area contributed by atoms with Crippen LogP contribution < -0.4 is 10.5 Å². The molecule has 8 nitrogen and oxygen atoms in total. The number of carbonyl (C=O) groups excluding carboxylic acids is 2. The number of aromatic amines is 1. The molecule has 0 aliphatic rings. The number of carbonyl (C=O) groups is 2. The maximum Gasteiger partial charge on any atom is 0.349 e. The number of hydrogen-bond donors (Lipinski definition) is 1. The first-order chi connectivity index (χ1) is 14.4. The summed E-state index contributed by atoms with van der Waals surface area (Å²) in [6, 6.07) is 7.63. The average molecular weight is 443 g/mol. The molecule has 1 aromatic carbocycles. The Kier molecular flexibility index (Phi) is 5.35. The van der Waals surface area contributed by atoms with Crippen molar-refractivity contribution in [3.63, 3.8) is 0 Å². The van der Waals surface area contributed by atoms with Gasteiger partial charge in [0.2, 0.25) is 0 Å². The van der Waals surface area contributed by atoms with Crippen molar-refractivity contribution < 1.29 is 14.3 Å². The Morgan fingerprint density at radius 2 is 1.93 bits per heavy atom. The zero-order chi connectivity index (χ0) is 21.4. The minimum atomic E-state index is -0.652. The summed E-state index contributed by atoms with van der Waals surface area (Å²) in [5, 5.41) is 0.928. The zero-order valence-electron chi connectivity index (χ0n) is 16.5. The summed E-state index contributed by atoms with van der Waals surface area (Å²) in [5.41, 5.74) is 1.02. The number of nitrogens with one attached hydrogen (secondary N) is 1. The van der Waals surface area contributed by atoms with E-state index in [0.29, 0.717) is 33.3 Å². The molecule has 1 amide bonds. The lowest BCUT2D eigenvalue weighted by Crippen LogP contribution is -2.34. The number of benzene rings is 1. The van der Waals surface area contributed by atoms with Crippen LogP contribution in [0, 0.1) is 13.8 Å². The summed E-state index contributed by atoms with van der Waals surface area (Å²) in [6.07, 6.45) is 0. The highest BCUT2D eigenvalue weighted by molar-refractivity contribution is 7.22. The Bertz CT molecular complexity index is 1300. The topological polar surface area (TPSA) is 105 Å². The van der Waals surface area contributed by atoms with Crippen molar-refractivity contribution in [1.82, 2.24) is 15.0 Å². The van der Waals surface area contributed by atoms with Gasteiger partial charge in [0.25, 0.3) is 11.5 Å². The minimum Gasteiger partial charge on any atom is -0.451 e. The number of nitrogens with zero attached hydrogens (tertiary/aromatic N) is 3. The van der Waals surface area contributed by atoms with E-state index >= 15 is 0 Å². The van der Waals surface area contributed by atoms with E-state index in [1.54, 1.807) is 13.8 Å². The molecule has 0 bridgehead atoms. The lowest BCUT2D eigenvalue weighted by Gasteiger charge is -2.17. The molecule has 154 valence electrons. The van der Waals surface area contributed by atoms with Crippen LogP contribution in [0.25, 0.3) is 20.4 Å². The van der Waals surface area contributed by atoms with E-state index in [-0.39, 0.29) is 16.3 Å². The van der Waals surface area contributed by atoms with Gasteiger partial charge in [0, 0.05) is 6.54 Å². The highest BCUT2D eigenvalue weighted by atomic mass is 32.1. The lowest BCUT2D eigenvalue weighted by molar-refractivity contribution is -0.121. The molecule has 0 fully saturated rings. The van der Waals surface area contributed by atoms with E-state index in [9.17, 15) is 14.4 Å². The zero-order valence-corrected chi connectivity index (χ0v) is 18.1. The van der Waals surface area contributed by atoms with Crippen molar-refractivity contribution in [1.29, 1.82) is 0 Å². The van der Waals surface area contributed by atoms with Gasteiger partial charge in [-0.05, 0) is 38.5 Å².